The summed E-state index contributed by atoms with van der Waals surface area (Å²) in [4.78, 5) is 83.6. The van der Waals surface area contributed by atoms with Gasteiger partial charge in [-0.2, -0.15) is 0 Å². The van der Waals surface area contributed by atoms with Gasteiger partial charge in [0.05, 0.1) is 12.5 Å². The average molecular weight is 749 g/mol. The Labute approximate surface area is 316 Å². The molecule has 5 amide bonds. The molecule has 3 rings (SSSR count). The number of aromatic amines is 1. The van der Waals surface area contributed by atoms with Gasteiger partial charge in [-0.25, -0.2) is 5.84 Å². The number of nitrogens with two attached hydrogens (primary N) is 2. The Morgan fingerprint density at radius 2 is 1.31 bits per heavy atom. The van der Waals surface area contributed by atoms with Crippen LogP contribution in [0.15, 0.2) is 60.8 Å². The smallest absolute Gasteiger partial charge is 0.308 e. The predicted molar refractivity (Wildman–Crippen MR) is 205 cm³/mol. The zero-order valence-corrected chi connectivity index (χ0v) is 32.2. The van der Waals surface area contributed by atoms with Crippen LogP contribution in [0.3, 0.4) is 0 Å². The molecule has 0 saturated heterocycles. The van der Waals surface area contributed by atoms with Crippen LogP contribution >= 0.6 is 0 Å². The minimum absolute atomic E-state index is 0.00355. The molecule has 0 aliphatic rings. The summed E-state index contributed by atoms with van der Waals surface area (Å²) in [5.74, 6) is 0.776. The number of fused-ring (bicyclic) bond motifs is 1. The number of rotatable bonds is 18. The van der Waals surface area contributed by atoms with Gasteiger partial charge in [-0.3, -0.25) is 34.2 Å². The quantitative estimate of drug-likeness (QED) is 0.0408. The first-order valence-corrected chi connectivity index (χ1v) is 18.2. The number of carbonyl (C=O) groups excluding carboxylic acids is 6. The molecule has 10 N–H and O–H groups in total. The highest BCUT2D eigenvalue weighted by Gasteiger charge is 2.35. The van der Waals surface area contributed by atoms with Crippen molar-refractivity contribution in [3.63, 3.8) is 0 Å². The summed E-state index contributed by atoms with van der Waals surface area (Å²) in [5.41, 5.74) is 9.87. The summed E-state index contributed by atoms with van der Waals surface area (Å²) in [6.45, 7) is 12.2. The van der Waals surface area contributed by atoms with Gasteiger partial charge in [0.2, 0.25) is 23.6 Å². The standard InChI is InChI=1S/C39H56N8O7/c1-22(2)17-29(37(52)47-41)45-38(53)33(23(3)4)46-36(51)30(18-24-13-9-8-10-14-24)44-35(50)31(20-32(48)54-39(5,6)7)43-34(49)27(40)19-25-21-42-28-16-12-11-15-26(25)28/h8-16,21-23,27,29-31,33,42H,17-20,40-41H2,1-7H3,(H,43,49)(H,44,50)(H,45,53)(H,46,51)(H,47,52)/t27-,29+,30+,31-,33-/m1/s1. The third-order valence-electron chi connectivity index (χ3n) is 8.52. The van der Waals surface area contributed by atoms with Crippen molar-refractivity contribution in [2.24, 2.45) is 23.4 Å². The first kappa shape index (κ1) is 43.1. The minimum Gasteiger partial charge on any atom is -0.460 e. The molecule has 0 saturated carbocycles. The second-order valence-corrected chi connectivity index (χ2v) is 15.2. The van der Waals surface area contributed by atoms with Gasteiger partial charge in [-0.15, -0.1) is 0 Å². The zero-order chi connectivity index (χ0) is 40.2. The molecule has 1 aromatic heterocycles. The number of hydrogen-bond acceptors (Lipinski definition) is 9. The first-order chi connectivity index (χ1) is 25.4. The van der Waals surface area contributed by atoms with Gasteiger partial charge in [0.15, 0.2) is 0 Å². The van der Waals surface area contributed by atoms with Crippen LogP contribution in [0, 0.1) is 11.8 Å². The number of hydrazine groups is 1. The van der Waals surface area contributed by atoms with Crippen molar-refractivity contribution in [1.82, 2.24) is 31.7 Å². The molecular formula is C39H56N8O7. The molecule has 0 aliphatic heterocycles. The Bertz CT molecular complexity index is 1750. The lowest BCUT2D eigenvalue weighted by atomic mass is 9.98. The summed E-state index contributed by atoms with van der Waals surface area (Å²) in [5, 5.41) is 11.6. The monoisotopic (exact) mass is 748 g/mol. The van der Waals surface area contributed by atoms with E-state index in [1.165, 1.54) is 0 Å². The van der Waals surface area contributed by atoms with E-state index in [9.17, 15) is 28.8 Å². The van der Waals surface area contributed by atoms with Crippen molar-refractivity contribution in [3.05, 3.63) is 71.9 Å². The van der Waals surface area contributed by atoms with Crippen LogP contribution in [-0.2, 0) is 46.3 Å². The molecule has 54 heavy (non-hydrogen) atoms. The Hall–Kier alpha value is -5.28. The summed E-state index contributed by atoms with van der Waals surface area (Å²) < 4.78 is 5.46. The SMILES string of the molecule is CC(C)C[C@H](NC(=O)[C@H](NC(=O)[C@H](Cc1ccccc1)NC(=O)[C@@H](CC(=O)OC(C)(C)C)NC(=O)[C@H](N)Cc1c[nH]c2ccccc12)C(C)C)C(=O)NN. The van der Waals surface area contributed by atoms with Gasteiger partial charge < -0.3 is 36.7 Å². The Morgan fingerprint density at radius 1 is 0.722 bits per heavy atom. The second-order valence-electron chi connectivity index (χ2n) is 15.2. The van der Waals surface area contributed by atoms with Crippen LogP contribution in [0.4, 0.5) is 0 Å². The van der Waals surface area contributed by atoms with Gasteiger partial charge in [-0.1, -0.05) is 76.2 Å². The Morgan fingerprint density at radius 3 is 1.93 bits per heavy atom. The van der Waals surface area contributed by atoms with Crippen LogP contribution in [0.25, 0.3) is 10.9 Å². The molecule has 3 aromatic rings. The summed E-state index contributed by atoms with van der Waals surface area (Å²) >= 11 is 0. The molecule has 294 valence electrons. The van der Waals surface area contributed by atoms with Crippen molar-refractivity contribution in [2.45, 2.75) is 110 Å². The van der Waals surface area contributed by atoms with Crippen LogP contribution in [0.1, 0.15) is 72.4 Å². The first-order valence-electron chi connectivity index (χ1n) is 18.2. The largest absolute Gasteiger partial charge is 0.460 e. The zero-order valence-electron chi connectivity index (χ0n) is 32.2. The fourth-order valence-corrected chi connectivity index (χ4v) is 5.85. The number of esters is 1. The van der Waals surface area contributed by atoms with E-state index < -0.39 is 83.7 Å². The van der Waals surface area contributed by atoms with Crippen LogP contribution in [-0.4, -0.2) is 76.3 Å². The Balaban J connectivity index is 1.87. The summed E-state index contributed by atoms with van der Waals surface area (Å²) in [6.07, 6.45) is 1.66. The maximum absolute atomic E-state index is 14.0. The molecule has 0 fully saturated rings. The third-order valence-corrected chi connectivity index (χ3v) is 8.52. The second kappa shape index (κ2) is 19.7. The molecule has 0 spiro atoms. The normalized spacial score (nSPS) is 14.4. The number of carbonyl (C=O) groups is 6. The van der Waals surface area contributed by atoms with Crippen molar-refractivity contribution >= 4 is 46.4 Å². The molecule has 2 aromatic carbocycles. The van der Waals surface area contributed by atoms with Crippen LogP contribution in [0.2, 0.25) is 0 Å². The lowest BCUT2D eigenvalue weighted by molar-refractivity contribution is -0.156. The fraction of sp³-hybridized carbons (Fsp3) is 0.487. The topological polar surface area (TPSA) is 240 Å². The maximum atomic E-state index is 14.0. The lowest BCUT2D eigenvalue weighted by Crippen LogP contribution is -2.60. The molecule has 15 heteroatoms. The molecule has 5 atom stereocenters. The van der Waals surface area contributed by atoms with E-state index in [1.54, 1.807) is 71.1 Å². The highest BCUT2D eigenvalue weighted by molar-refractivity contribution is 5.97. The molecule has 0 aliphatic carbocycles. The van der Waals surface area contributed by atoms with Gasteiger partial charge in [-0.05, 0) is 62.6 Å². The van der Waals surface area contributed by atoms with Crippen molar-refractivity contribution < 1.29 is 33.5 Å². The van der Waals surface area contributed by atoms with Gasteiger partial charge in [0.25, 0.3) is 5.91 Å². The van der Waals surface area contributed by atoms with E-state index in [0.717, 1.165) is 16.5 Å². The molecule has 1 heterocycles. The van der Waals surface area contributed by atoms with E-state index in [2.05, 4.69) is 31.7 Å². The minimum atomic E-state index is -1.47. The number of aromatic nitrogens is 1. The summed E-state index contributed by atoms with van der Waals surface area (Å²) in [7, 11) is 0. The average Bonchev–Trinajstić information content (AvgIpc) is 3.50. The van der Waals surface area contributed by atoms with E-state index in [0.29, 0.717) is 12.0 Å². The number of hydrogen-bond donors (Lipinski definition) is 8. The third kappa shape index (κ3) is 13.3. The van der Waals surface area contributed by atoms with Crippen molar-refractivity contribution in [2.75, 3.05) is 0 Å². The molecule has 15 nitrogen and oxygen atoms in total. The summed E-state index contributed by atoms with van der Waals surface area (Å²) in [6, 6.07) is 10.6. The molecule has 0 unspecified atom stereocenters. The number of amides is 5. The van der Waals surface area contributed by atoms with Gasteiger partial charge in [0.1, 0.15) is 29.8 Å². The Kier molecular flexibility index (Phi) is 15.7. The molecule has 0 radical (unpaired) electrons. The number of ether oxygens (including phenoxy) is 1. The maximum Gasteiger partial charge on any atom is 0.308 e. The van der Waals surface area contributed by atoms with Crippen molar-refractivity contribution in [3.8, 4) is 0 Å². The lowest BCUT2D eigenvalue weighted by Gasteiger charge is -2.28. The predicted octanol–water partition coefficient (Wildman–Crippen LogP) is 1.64. The van der Waals surface area contributed by atoms with E-state index in [-0.39, 0.29) is 18.8 Å². The highest BCUT2D eigenvalue weighted by atomic mass is 16.6. The van der Waals surface area contributed by atoms with Crippen molar-refractivity contribution in [1.29, 1.82) is 0 Å². The number of H-pyrrole nitrogens is 1. The molecule has 0 bridgehead atoms. The number of benzene rings is 2. The number of nitrogens with one attached hydrogen (secondary N) is 6. The van der Waals surface area contributed by atoms with E-state index >= 15 is 0 Å². The van der Waals surface area contributed by atoms with Crippen LogP contribution < -0.4 is 38.3 Å². The van der Waals surface area contributed by atoms with Crippen LogP contribution in [0.5, 0.6) is 0 Å². The fourth-order valence-electron chi connectivity index (χ4n) is 5.85. The van der Waals surface area contributed by atoms with Gasteiger partial charge >= 0.3 is 5.97 Å². The molecular weight excluding hydrogens is 692 g/mol. The van der Waals surface area contributed by atoms with E-state index in [4.69, 9.17) is 16.3 Å². The number of para-hydroxylation sites is 1. The highest BCUT2D eigenvalue weighted by Crippen LogP contribution is 2.19. The van der Waals surface area contributed by atoms with E-state index in [1.807, 2.05) is 38.1 Å². The van der Waals surface area contributed by atoms with Gasteiger partial charge in [0, 0.05) is 23.5 Å².